The second kappa shape index (κ2) is 4.06. The molecule has 3 N–H and O–H groups in total. The third-order valence-electron chi connectivity index (χ3n) is 2.09. The Bertz CT molecular complexity index is 634. The van der Waals surface area contributed by atoms with Gasteiger partial charge in [-0.25, -0.2) is 8.42 Å². The quantitative estimate of drug-likeness (QED) is 0.813. The molecule has 0 fully saturated rings. The summed E-state index contributed by atoms with van der Waals surface area (Å²) in [5, 5.41) is 3.80. The van der Waals surface area contributed by atoms with Gasteiger partial charge in [-0.1, -0.05) is 0 Å². The van der Waals surface area contributed by atoms with E-state index in [1.807, 2.05) is 0 Å². The molecular weight excluding hydrogens is 242 g/mol. The Morgan fingerprint density at radius 1 is 1.41 bits per heavy atom. The highest BCUT2D eigenvalue weighted by molar-refractivity contribution is 7.92. The van der Waals surface area contributed by atoms with Crippen molar-refractivity contribution in [3.05, 3.63) is 30.9 Å². The van der Waals surface area contributed by atoms with Crippen LogP contribution in [0.3, 0.4) is 0 Å². The molecule has 0 saturated carbocycles. The van der Waals surface area contributed by atoms with Crippen LogP contribution in [0.2, 0.25) is 0 Å². The topological polar surface area (TPSA) is 103 Å². The van der Waals surface area contributed by atoms with Crippen LogP contribution in [0.5, 0.6) is 0 Å². The molecule has 0 aliphatic heterocycles. The van der Waals surface area contributed by atoms with Gasteiger partial charge in [0.15, 0.2) is 0 Å². The van der Waals surface area contributed by atoms with E-state index in [0.717, 1.165) is 0 Å². The van der Waals surface area contributed by atoms with Gasteiger partial charge in [0.1, 0.15) is 4.90 Å². The second-order valence-corrected chi connectivity index (χ2v) is 5.10. The largest absolute Gasteiger partial charge is 0.396 e. The fourth-order valence-corrected chi connectivity index (χ4v) is 2.31. The predicted octanol–water partition coefficient (Wildman–Crippen LogP) is 0.198. The fourth-order valence-electron chi connectivity index (χ4n) is 1.24. The Balaban J connectivity index is 2.33. The average Bonchev–Trinajstić information content (AvgIpc) is 2.69. The summed E-state index contributed by atoms with van der Waals surface area (Å²) in [6.45, 7) is 0. The third-order valence-corrected chi connectivity index (χ3v) is 3.41. The van der Waals surface area contributed by atoms with Crippen molar-refractivity contribution in [3.63, 3.8) is 0 Å². The molecule has 0 saturated heterocycles. The zero-order valence-corrected chi connectivity index (χ0v) is 9.85. The maximum absolute atomic E-state index is 11.9. The SMILES string of the molecule is Cn1cc(S(=O)(=O)Nc2ccncc2N)cn1. The van der Waals surface area contributed by atoms with E-state index in [0.29, 0.717) is 5.69 Å². The van der Waals surface area contributed by atoms with Gasteiger partial charge in [0.25, 0.3) is 10.0 Å². The molecule has 2 aromatic rings. The van der Waals surface area contributed by atoms with Crippen LogP contribution in [0.1, 0.15) is 0 Å². The van der Waals surface area contributed by atoms with E-state index in [-0.39, 0.29) is 10.6 Å². The van der Waals surface area contributed by atoms with Crippen molar-refractivity contribution in [2.75, 3.05) is 10.5 Å². The molecule has 2 aromatic heterocycles. The lowest BCUT2D eigenvalue weighted by molar-refractivity contribution is 0.601. The summed E-state index contributed by atoms with van der Waals surface area (Å²) in [6, 6.07) is 1.49. The number of pyridine rings is 1. The van der Waals surface area contributed by atoms with Crippen molar-refractivity contribution in [1.29, 1.82) is 0 Å². The van der Waals surface area contributed by atoms with Gasteiger partial charge in [0.2, 0.25) is 0 Å². The molecule has 2 rings (SSSR count). The summed E-state index contributed by atoms with van der Waals surface area (Å²) in [5.74, 6) is 0. The highest BCUT2D eigenvalue weighted by Gasteiger charge is 2.17. The van der Waals surface area contributed by atoms with Crippen molar-refractivity contribution in [2.24, 2.45) is 7.05 Å². The van der Waals surface area contributed by atoms with Crippen LogP contribution < -0.4 is 10.5 Å². The van der Waals surface area contributed by atoms with Crippen LogP contribution in [-0.4, -0.2) is 23.2 Å². The highest BCUT2D eigenvalue weighted by atomic mass is 32.2. The molecule has 0 atom stereocenters. The standard InChI is InChI=1S/C9H11N5O2S/c1-14-6-7(4-12-14)17(15,16)13-9-2-3-11-5-8(9)10/h2-6H,10H2,1H3,(H,11,13). The van der Waals surface area contributed by atoms with Crippen LogP contribution in [0, 0.1) is 0 Å². The number of aromatic nitrogens is 3. The number of aryl methyl sites for hydroxylation is 1. The summed E-state index contributed by atoms with van der Waals surface area (Å²) in [6.07, 6.45) is 5.50. The van der Waals surface area contributed by atoms with Gasteiger partial charge in [-0.3, -0.25) is 14.4 Å². The number of hydrogen-bond donors (Lipinski definition) is 2. The number of nitrogens with one attached hydrogen (secondary N) is 1. The molecule has 90 valence electrons. The molecular formula is C9H11N5O2S. The van der Waals surface area contributed by atoms with Crippen LogP contribution in [-0.2, 0) is 17.1 Å². The molecule has 0 bridgehead atoms. The average molecular weight is 253 g/mol. The summed E-state index contributed by atoms with van der Waals surface area (Å²) >= 11 is 0. The highest BCUT2D eigenvalue weighted by Crippen LogP contribution is 2.19. The summed E-state index contributed by atoms with van der Waals surface area (Å²) < 4.78 is 27.6. The zero-order valence-electron chi connectivity index (χ0n) is 9.03. The number of nitrogens with zero attached hydrogens (tertiary/aromatic N) is 3. The van der Waals surface area contributed by atoms with Crippen LogP contribution in [0.15, 0.2) is 35.7 Å². The molecule has 0 amide bonds. The van der Waals surface area contributed by atoms with Gasteiger partial charge in [-0.2, -0.15) is 5.10 Å². The predicted molar refractivity (Wildman–Crippen MR) is 62.7 cm³/mol. The molecule has 7 nitrogen and oxygen atoms in total. The van der Waals surface area contributed by atoms with E-state index in [4.69, 9.17) is 5.73 Å². The summed E-state index contributed by atoms with van der Waals surface area (Å²) in [4.78, 5) is 3.86. The number of sulfonamides is 1. The van der Waals surface area contributed by atoms with Crippen molar-refractivity contribution in [3.8, 4) is 0 Å². The Kier molecular flexibility index (Phi) is 2.72. The maximum atomic E-state index is 11.9. The van der Waals surface area contributed by atoms with E-state index in [1.54, 1.807) is 7.05 Å². The minimum absolute atomic E-state index is 0.0798. The first-order valence-electron chi connectivity index (χ1n) is 4.70. The molecule has 0 unspecified atom stereocenters. The smallest absolute Gasteiger partial charge is 0.265 e. The lowest BCUT2D eigenvalue weighted by Crippen LogP contribution is -2.13. The number of hydrogen-bond acceptors (Lipinski definition) is 5. The van der Waals surface area contributed by atoms with E-state index in [9.17, 15) is 8.42 Å². The minimum Gasteiger partial charge on any atom is -0.396 e. The number of nitrogen functional groups attached to an aromatic ring is 1. The normalized spacial score (nSPS) is 11.4. The molecule has 2 heterocycles. The number of rotatable bonds is 3. The van der Waals surface area contributed by atoms with Crippen molar-refractivity contribution in [2.45, 2.75) is 4.90 Å². The molecule has 0 aliphatic rings. The molecule has 0 spiro atoms. The van der Waals surface area contributed by atoms with E-state index in [1.165, 1.54) is 35.5 Å². The van der Waals surface area contributed by atoms with E-state index >= 15 is 0 Å². The molecule has 0 aliphatic carbocycles. The van der Waals surface area contributed by atoms with Gasteiger partial charge in [0, 0.05) is 19.4 Å². The van der Waals surface area contributed by atoms with Gasteiger partial charge < -0.3 is 5.73 Å². The summed E-state index contributed by atoms with van der Waals surface area (Å²) in [5.41, 5.74) is 6.16. The maximum Gasteiger partial charge on any atom is 0.265 e. The Morgan fingerprint density at radius 3 is 2.76 bits per heavy atom. The molecule has 17 heavy (non-hydrogen) atoms. The van der Waals surface area contributed by atoms with Crippen LogP contribution in [0.25, 0.3) is 0 Å². The fraction of sp³-hybridized carbons (Fsp3) is 0.111. The third kappa shape index (κ3) is 2.36. The molecule has 0 aromatic carbocycles. The van der Waals surface area contributed by atoms with Crippen LogP contribution >= 0.6 is 0 Å². The first-order chi connectivity index (χ1) is 7.99. The Morgan fingerprint density at radius 2 is 2.18 bits per heavy atom. The van der Waals surface area contributed by atoms with E-state index < -0.39 is 10.0 Å². The Hall–Kier alpha value is -2.09. The van der Waals surface area contributed by atoms with Crippen LogP contribution in [0.4, 0.5) is 11.4 Å². The van der Waals surface area contributed by atoms with Crippen molar-refractivity contribution >= 4 is 21.4 Å². The monoisotopic (exact) mass is 253 g/mol. The number of nitrogens with two attached hydrogens (primary N) is 1. The first-order valence-corrected chi connectivity index (χ1v) is 6.18. The lowest BCUT2D eigenvalue weighted by Gasteiger charge is -2.07. The van der Waals surface area contributed by atoms with Gasteiger partial charge in [-0.05, 0) is 6.07 Å². The zero-order chi connectivity index (χ0) is 12.5. The Labute approximate surface area is 98.3 Å². The molecule has 8 heteroatoms. The number of anilines is 2. The van der Waals surface area contributed by atoms with Crippen molar-refractivity contribution < 1.29 is 8.42 Å². The van der Waals surface area contributed by atoms with Gasteiger partial charge in [0.05, 0.1) is 23.8 Å². The lowest BCUT2D eigenvalue weighted by atomic mass is 10.4. The minimum atomic E-state index is -3.66. The van der Waals surface area contributed by atoms with E-state index in [2.05, 4.69) is 14.8 Å². The first kappa shape index (κ1) is 11.4. The second-order valence-electron chi connectivity index (χ2n) is 3.42. The van der Waals surface area contributed by atoms with Gasteiger partial charge in [-0.15, -0.1) is 0 Å². The van der Waals surface area contributed by atoms with Gasteiger partial charge >= 0.3 is 0 Å². The molecule has 0 radical (unpaired) electrons. The van der Waals surface area contributed by atoms with Crippen molar-refractivity contribution in [1.82, 2.24) is 14.8 Å². The summed E-state index contributed by atoms with van der Waals surface area (Å²) in [7, 11) is -2.02.